The number of halogens is 1. The molecule has 2 aromatic rings. The van der Waals surface area contributed by atoms with Gasteiger partial charge in [-0.2, -0.15) is 0 Å². The first-order valence-corrected chi connectivity index (χ1v) is 7.87. The van der Waals surface area contributed by atoms with E-state index in [0.717, 1.165) is 19.3 Å². The van der Waals surface area contributed by atoms with E-state index in [1.165, 1.54) is 12.1 Å². The normalized spacial score (nSPS) is 23.8. The van der Waals surface area contributed by atoms with Crippen LogP contribution in [0.5, 0.6) is 0 Å². The first kappa shape index (κ1) is 14.4. The van der Waals surface area contributed by atoms with Crippen molar-refractivity contribution in [3.05, 3.63) is 41.9 Å². The predicted octanol–water partition coefficient (Wildman–Crippen LogP) is 2.87. The van der Waals surface area contributed by atoms with E-state index in [4.69, 9.17) is 9.26 Å². The van der Waals surface area contributed by atoms with Crippen molar-refractivity contribution in [2.75, 3.05) is 13.2 Å². The van der Waals surface area contributed by atoms with Crippen LogP contribution in [0.3, 0.4) is 0 Å². The second-order valence-electron chi connectivity index (χ2n) is 5.99. The molecule has 4 rings (SSSR count). The van der Waals surface area contributed by atoms with Gasteiger partial charge in [0.2, 0.25) is 5.76 Å². The van der Waals surface area contributed by atoms with Gasteiger partial charge in [0, 0.05) is 18.2 Å². The van der Waals surface area contributed by atoms with Gasteiger partial charge in [0.05, 0.1) is 18.8 Å². The summed E-state index contributed by atoms with van der Waals surface area (Å²) in [6, 6.07) is 7.77. The van der Waals surface area contributed by atoms with Gasteiger partial charge in [-0.05, 0) is 31.4 Å². The summed E-state index contributed by atoms with van der Waals surface area (Å²) in [4.78, 5) is 14.5. The van der Waals surface area contributed by atoms with Gasteiger partial charge in [-0.15, -0.1) is 0 Å². The Morgan fingerprint density at radius 3 is 3.09 bits per heavy atom. The topological polar surface area (TPSA) is 55.6 Å². The summed E-state index contributed by atoms with van der Waals surface area (Å²) in [5.41, 5.74) is 1.05. The molecule has 1 amide bonds. The Bertz CT molecular complexity index is 730. The van der Waals surface area contributed by atoms with E-state index < -0.39 is 0 Å². The van der Waals surface area contributed by atoms with Crippen molar-refractivity contribution in [3.63, 3.8) is 0 Å². The summed E-state index contributed by atoms with van der Waals surface area (Å²) < 4.78 is 24.3. The predicted molar refractivity (Wildman–Crippen MR) is 80.3 cm³/mol. The van der Waals surface area contributed by atoms with Gasteiger partial charge in [0.15, 0.2) is 0 Å². The highest BCUT2D eigenvalue weighted by atomic mass is 19.1. The molecular weight excluding hydrogens is 299 g/mol. The molecule has 0 bridgehead atoms. The molecule has 2 aliphatic rings. The van der Waals surface area contributed by atoms with E-state index in [1.807, 2.05) is 4.90 Å². The number of aromatic nitrogens is 1. The summed E-state index contributed by atoms with van der Waals surface area (Å²) in [6.07, 6.45) is 3.17. The van der Waals surface area contributed by atoms with E-state index in [2.05, 4.69) is 5.16 Å². The number of ether oxygens (including phenoxy) is 1. The lowest BCUT2D eigenvalue weighted by atomic mass is 10.1. The van der Waals surface area contributed by atoms with Crippen LogP contribution in [-0.4, -0.2) is 41.3 Å². The van der Waals surface area contributed by atoms with Crippen LogP contribution in [-0.2, 0) is 4.74 Å². The molecule has 0 unspecified atom stereocenters. The maximum absolute atomic E-state index is 13.3. The maximum Gasteiger partial charge on any atom is 0.292 e. The van der Waals surface area contributed by atoms with Crippen LogP contribution < -0.4 is 0 Å². The van der Waals surface area contributed by atoms with Crippen LogP contribution in [0, 0.1) is 5.82 Å². The van der Waals surface area contributed by atoms with Crippen LogP contribution >= 0.6 is 0 Å². The standard InChI is InChI=1S/C17H17FN2O3/c18-12-4-1-3-11(9-12)13-10-16(23-19-13)17(21)20-7-8-22-15-6-2-5-14(15)20/h1,3-4,9-10,14-15H,2,5-8H2/t14-,15-/m0/s1. The number of morpholine rings is 1. The molecule has 5 nitrogen and oxygen atoms in total. The molecular formula is C17H17FN2O3. The molecule has 0 N–H and O–H groups in total. The number of amides is 1. The highest BCUT2D eigenvalue weighted by molar-refractivity contribution is 5.92. The van der Waals surface area contributed by atoms with Gasteiger partial charge in [0.25, 0.3) is 5.91 Å². The average molecular weight is 316 g/mol. The van der Waals surface area contributed by atoms with Crippen molar-refractivity contribution in [1.82, 2.24) is 10.1 Å². The third kappa shape index (κ3) is 2.63. The first-order valence-electron chi connectivity index (χ1n) is 7.87. The van der Waals surface area contributed by atoms with Crippen LogP contribution in [0.4, 0.5) is 4.39 Å². The molecule has 0 spiro atoms. The van der Waals surface area contributed by atoms with Crippen LogP contribution in [0.15, 0.2) is 34.9 Å². The third-order valence-electron chi connectivity index (χ3n) is 4.58. The summed E-state index contributed by atoms with van der Waals surface area (Å²) in [6.45, 7) is 1.12. The molecule has 2 heterocycles. The number of hydrogen-bond acceptors (Lipinski definition) is 4. The zero-order chi connectivity index (χ0) is 15.8. The number of fused-ring (bicyclic) bond motifs is 1. The molecule has 120 valence electrons. The second-order valence-corrected chi connectivity index (χ2v) is 5.99. The van der Waals surface area contributed by atoms with Crippen molar-refractivity contribution in [2.24, 2.45) is 0 Å². The van der Waals surface area contributed by atoms with E-state index in [-0.39, 0.29) is 29.6 Å². The third-order valence-corrected chi connectivity index (χ3v) is 4.58. The van der Waals surface area contributed by atoms with Crippen molar-refractivity contribution in [2.45, 2.75) is 31.4 Å². The Morgan fingerprint density at radius 1 is 1.30 bits per heavy atom. The van der Waals surface area contributed by atoms with Crippen molar-refractivity contribution >= 4 is 5.91 Å². The smallest absolute Gasteiger partial charge is 0.292 e. The Labute approximate surface area is 133 Å². The molecule has 1 aliphatic heterocycles. The maximum atomic E-state index is 13.3. The number of carbonyl (C=O) groups is 1. The number of benzene rings is 1. The van der Waals surface area contributed by atoms with E-state index >= 15 is 0 Å². The van der Waals surface area contributed by atoms with E-state index in [9.17, 15) is 9.18 Å². The number of rotatable bonds is 2. The molecule has 1 saturated carbocycles. The fourth-order valence-corrected chi connectivity index (χ4v) is 3.48. The zero-order valence-corrected chi connectivity index (χ0v) is 12.6. The second kappa shape index (κ2) is 5.77. The molecule has 6 heteroatoms. The lowest BCUT2D eigenvalue weighted by Gasteiger charge is -2.37. The minimum atomic E-state index is -0.347. The van der Waals surface area contributed by atoms with Gasteiger partial charge in [-0.25, -0.2) is 4.39 Å². The minimum absolute atomic E-state index is 0.124. The van der Waals surface area contributed by atoms with Crippen LogP contribution in [0.1, 0.15) is 29.8 Å². The molecule has 1 saturated heterocycles. The Kier molecular flexibility index (Phi) is 3.61. The van der Waals surface area contributed by atoms with Gasteiger partial charge in [-0.1, -0.05) is 17.3 Å². The van der Waals surface area contributed by atoms with Gasteiger partial charge in [-0.3, -0.25) is 4.79 Å². The van der Waals surface area contributed by atoms with Gasteiger partial charge < -0.3 is 14.2 Å². The monoisotopic (exact) mass is 316 g/mol. The highest BCUT2D eigenvalue weighted by Crippen LogP contribution is 2.31. The quantitative estimate of drug-likeness (QED) is 0.855. The van der Waals surface area contributed by atoms with Crippen molar-refractivity contribution in [3.8, 4) is 11.3 Å². The van der Waals surface area contributed by atoms with Crippen LogP contribution in [0.25, 0.3) is 11.3 Å². The number of nitrogens with zero attached hydrogens (tertiary/aromatic N) is 2. The van der Waals surface area contributed by atoms with Crippen molar-refractivity contribution < 1.29 is 18.4 Å². The highest BCUT2D eigenvalue weighted by Gasteiger charge is 2.39. The Morgan fingerprint density at radius 2 is 2.22 bits per heavy atom. The molecule has 23 heavy (non-hydrogen) atoms. The summed E-state index contributed by atoms with van der Waals surface area (Å²) >= 11 is 0. The molecule has 2 fully saturated rings. The zero-order valence-electron chi connectivity index (χ0n) is 12.6. The summed E-state index contributed by atoms with van der Waals surface area (Å²) in [7, 11) is 0. The average Bonchev–Trinajstić information content (AvgIpc) is 3.23. The summed E-state index contributed by atoms with van der Waals surface area (Å²) in [5.74, 6) is -0.322. The molecule has 2 atom stereocenters. The summed E-state index contributed by atoms with van der Waals surface area (Å²) in [5, 5.41) is 3.91. The lowest BCUT2D eigenvalue weighted by Crippen LogP contribution is -2.51. The van der Waals surface area contributed by atoms with E-state index in [0.29, 0.717) is 24.4 Å². The largest absolute Gasteiger partial charge is 0.374 e. The van der Waals surface area contributed by atoms with Gasteiger partial charge >= 0.3 is 0 Å². The SMILES string of the molecule is O=C(c1cc(-c2cccc(F)c2)no1)N1CCO[C@H]2CCC[C@@H]21. The molecule has 1 aromatic heterocycles. The fraction of sp³-hybridized carbons (Fsp3) is 0.412. The first-order chi connectivity index (χ1) is 11.2. The lowest BCUT2D eigenvalue weighted by molar-refractivity contribution is -0.0456. The number of hydrogen-bond donors (Lipinski definition) is 0. The molecule has 1 aromatic carbocycles. The molecule has 0 radical (unpaired) electrons. The van der Waals surface area contributed by atoms with Crippen LogP contribution in [0.2, 0.25) is 0 Å². The molecule has 1 aliphatic carbocycles. The number of carbonyl (C=O) groups excluding carboxylic acids is 1. The minimum Gasteiger partial charge on any atom is -0.374 e. The van der Waals surface area contributed by atoms with Gasteiger partial charge in [0.1, 0.15) is 11.5 Å². The Hall–Kier alpha value is -2.21. The van der Waals surface area contributed by atoms with E-state index in [1.54, 1.807) is 18.2 Å². The Balaban J connectivity index is 1.57. The fourth-order valence-electron chi connectivity index (χ4n) is 3.48. The van der Waals surface area contributed by atoms with Crippen molar-refractivity contribution in [1.29, 1.82) is 0 Å².